The minimum atomic E-state index is -0.559. The Bertz CT molecular complexity index is 792. The summed E-state index contributed by atoms with van der Waals surface area (Å²) >= 11 is 23.4. The van der Waals surface area contributed by atoms with E-state index in [4.69, 9.17) is 55.9 Å². The van der Waals surface area contributed by atoms with Crippen LogP contribution in [0.15, 0.2) is 36.4 Å². The first kappa shape index (κ1) is 19.9. The molecule has 0 atom stereocenters. The molecule has 0 fully saturated rings. The van der Waals surface area contributed by atoms with Crippen LogP contribution in [0.3, 0.4) is 0 Å². The van der Waals surface area contributed by atoms with Gasteiger partial charge in [0.1, 0.15) is 10.8 Å². The molecule has 132 valence electrons. The summed E-state index contributed by atoms with van der Waals surface area (Å²) in [7, 11) is 0. The van der Waals surface area contributed by atoms with Crippen molar-refractivity contribution < 1.29 is 19.1 Å². The number of rotatable bonds is 6. The molecule has 0 radical (unpaired) electrons. The van der Waals surface area contributed by atoms with E-state index in [2.05, 4.69) is 0 Å². The zero-order valence-corrected chi connectivity index (χ0v) is 15.8. The maximum atomic E-state index is 11.8. The van der Waals surface area contributed by atoms with Crippen molar-refractivity contribution in [1.82, 2.24) is 0 Å². The minimum Gasteiger partial charge on any atom is -0.426 e. The fraction of sp³-hybridized carbons (Fsp3) is 0.176. The number of halogens is 4. The summed E-state index contributed by atoms with van der Waals surface area (Å²) in [5.41, 5.74) is 0. The number of esters is 2. The second-order valence-corrected chi connectivity index (χ2v) is 6.62. The van der Waals surface area contributed by atoms with E-state index in [0.29, 0.717) is 15.8 Å². The average Bonchev–Trinajstić information content (AvgIpc) is 2.52. The lowest BCUT2D eigenvalue weighted by Crippen LogP contribution is -2.11. The molecule has 0 unspecified atom stereocenters. The zero-order valence-electron chi connectivity index (χ0n) is 12.7. The van der Waals surface area contributed by atoms with E-state index in [0.717, 1.165) is 0 Å². The third kappa shape index (κ3) is 6.40. The second kappa shape index (κ2) is 9.30. The van der Waals surface area contributed by atoms with Gasteiger partial charge in [0, 0.05) is 29.0 Å². The molecular formula is C17H12Cl4O4. The van der Waals surface area contributed by atoms with Crippen molar-refractivity contribution >= 4 is 58.3 Å². The molecule has 0 heterocycles. The molecule has 0 amide bonds. The topological polar surface area (TPSA) is 52.6 Å². The van der Waals surface area contributed by atoms with Gasteiger partial charge in [0.25, 0.3) is 0 Å². The third-order valence-corrected chi connectivity index (χ3v) is 4.21. The van der Waals surface area contributed by atoms with E-state index < -0.39 is 11.9 Å². The molecule has 0 aliphatic rings. The Labute approximate surface area is 164 Å². The fourth-order valence-corrected chi connectivity index (χ4v) is 2.67. The van der Waals surface area contributed by atoms with Gasteiger partial charge < -0.3 is 9.47 Å². The van der Waals surface area contributed by atoms with Gasteiger partial charge in [-0.25, -0.2) is 0 Å². The number of carbonyl (C=O) groups excluding carboxylic acids is 2. The monoisotopic (exact) mass is 420 g/mol. The van der Waals surface area contributed by atoms with E-state index in [-0.39, 0.29) is 35.1 Å². The first-order valence-electron chi connectivity index (χ1n) is 7.16. The smallest absolute Gasteiger partial charge is 0.311 e. The molecule has 0 aromatic heterocycles. The van der Waals surface area contributed by atoms with E-state index in [1.807, 2.05) is 0 Å². The van der Waals surface area contributed by atoms with Gasteiger partial charge in [0.2, 0.25) is 0 Å². The summed E-state index contributed by atoms with van der Waals surface area (Å²) in [6.45, 7) is 0. The lowest BCUT2D eigenvalue weighted by Gasteiger charge is -2.08. The van der Waals surface area contributed by atoms with Gasteiger partial charge in [-0.05, 0) is 30.7 Å². The Morgan fingerprint density at radius 2 is 1.52 bits per heavy atom. The number of carbonyl (C=O) groups is 2. The van der Waals surface area contributed by atoms with Crippen LogP contribution in [0.1, 0.15) is 19.3 Å². The molecule has 4 nitrogen and oxygen atoms in total. The highest BCUT2D eigenvalue weighted by Crippen LogP contribution is 2.35. The van der Waals surface area contributed by atoms with Gasteiger partial charge in [-0.1, -0.05) is 52.5 Å². The Hall–Kier alpha value is -1.46. The minimum absolute atomic E-state index is 0.00507. The van der Waals surface area contributed by atoms with E-state index in [9.17, 15) is 9.59 Å². The molecule has 0 saturated carbocycles. The van der Waals surface area contributed by atoms with Gasteiger partial charge >= 0.3 is 11.9 Å². The summed E-state index contributed by atoms with van der Waals surface area (Å²) < 4.78 is 10.2. The normalized spacial score (nSPS) is 10.4. The first-order valence-corrected chi connectivity index (χ1v) is 8.68. The number of hydrogen-bond donors (Lipinski definition) is 0. The van der Waals surface area contributed by atoms with Crippen LogP contribution in [-0.4, -0.2) is 11.9 Å². The standard InChI is InChI=1S/C17H12Cl4O4/c18-10-3-1-4-12(7-10)24-15(22)5-2-6-16(23)25-14-9-11(19)8-13(20)17(14)21/h1,3-4,7-9H,2,5-6H2. The summed E-state index contributed by atoms with van der Waals surface area (Å²) in [6, 6.07) is 9.31. The maximum absolute atomic E-state index is 11.8. The predicted octanol–water partition coefficient (Wildman–Crippen LogP) is 5.98. The fourth-order valence-electron chi connectivity index (χ4n) is 1.87. The number of hydrogen-bond acceptors (Lipinski definition) is 4. The zero-order chi connectivity index (χ0) is 18.4. The highest BCUT2D eigenvalue weighted by atomic mass is 35.5. The molecule has 0 aliphatic carbocycles. The van der Waals surface area contributed by atoms with Gasteiger partial charge in [-0.3, -0.25) is 9.59 Å². The molecule has 0 bridgehead atoms. The van der Waals surface area contributed by atoms with Crippen LogP contribution in [0, 0.1) is 0 Å². The highest BCUT2D eigenvalue weighted by molar-refractivity contribution is 6.44. The quantitative estimate of drug-likeness (QED) is 0.327. The summed E-state index contributed by atoms with van der Waals surface area (Å²) in [4.78, 5) is 23.6. The highest BCUT2D eigenvalue weighted by Gasteiger charge is 2.14. The van der Waals surface area contributed by atoms with Gasteiger partial charge in [0.05, 0.1) is 5.02 Å². The van der Waals surface area contributed by atoms with Crippen molar-refractivity contribution in [3.8, 4) is 11.5 Å². The van der Waals surface area contributed by atoms with Crippen molar-refractivity contribution in [2.45, 2.75) is 19.3 Å². The molecule has 0 aliphatic heterocycles. The molecular weight excluding hydrogens is 410 g/mol. The van der Waals surface area contributed by atoms with Crippen LogP contribution < -0.4 is 9.47 Å². The van der Waals surface area contributed by atoms with Gasteiger partial charge in [-0.15, -0.1) is 0 Å². The Morgan fingerprint density at radius 1 is 0.840 bits per heavy atom. The number of ether oxygens (including phenoxy) is 2. The van der Waals surface area contributed by atoms with E-state index >= 15 is 0 Å². The Kier molecular flexibility index (Phi) is 7.38. The molecule has 0 saturated heterocycles. The SMILES string of the molecule is O=C(CCCC(=O)Oc1cc(Cl)cc(Cl)c1Cl)Oc1cccc(Cl)c1. The molecule has 8 heteroatoms. The third-order valence-electron chi connectivity index (χ3n) is 2.97. The molecule has 0 N–H and O–H groups in total. The van der Waals surface area contributed by atoms with E-state index in [1.54, 1.807) is 18.2 Å². The predicted molar refractivity (Wildman–Crippen MR) is 98.0 cm³/mol. The van der Waals surface area contributed by atoms with Gasteiger partial charge in [0.15, 0.2) is 5.75 Å². The van der Waals surface area contributed by atoms with Crippen LogP contribution in [-0.2, 0) is 9.59 Å². The summed E-state index contributed by atoms with van der Waals surface area (Å²) in [5.74, 6) is -0.610. The van der Waals surface area contributed by atoms with Gasteiger partial charge in [-0.2, -0.15) is 0 Å². The molecule has 2 aromatic rings. The summed E-state index contributed by atoms with van der Waals surface area (Å²) in [6.07, 6.45) is 0.306. The average molecular weight is 422 g/mol. The largest absolute Gasteiger partial charge is 0.426 e. The molecule has 2 rings (SSSR count). The Balaban J connectivity index is 1.80. The van der Waals surface area contributed by atoms with Crippen molar-refractivity contribution in [3.63, 3.8) is 0 Å². The Morgan fingerprint density at radius 3 is 2.20 bits per heavy atom. The summed E-state index contributed by atoms with van der Waals surface area (Å²) in [5, 5.41) is 1.04. The second-order valence-electron chi connectivity index (χ2n) is 4.96. The number of benzene rings is 2. The molecule has 2 aromatic carbocycles. The van der Waals surface area contributed by atoms with Crippen molar-refractivity contribution in [2.75, 3.05) is 0 Å². The van der Waals surface area contributed by atoms with Crippen molar-refractivity contribution in [3.05, 3.63) is 56.5 Å². The first-order chi connectivity index (χ1) is 11.8. The van der Waals surface area contributed by atoms with Crippen LogP contribution in [0.5, 0.6) is 11.5 Å². The lowest BCUT2D eigenvalue weighted by atomic mass is 10.2. The maximum Gasteiger partial charge on any atom is 0.311 e. The van der Waals surface area contributed by atoms with Crippen molar-refractivity contribution in [2.24, 2.45) is 0 Å². The van der Waals surface area contributed by atoms with Crippen molar-refractivity contribution in [1.29, 1.82) is 0 Å². The van der Waals surface area contributed by atoms with Crippen LogP contribution >= 0.6 is 46.4 Å². The van der Waals surface area contributed by atoms with Crippen LogP contribution in [0.2, 0.25) is 20.1 Å². The molecule has 0 spiro atoms. The van der Waals surface area contributed by atoms with E-state index in [1.165, 1.54) is 18.2 Å². The lowest BCUT2D eigenvalue weighted by molar-refractivity contribution is -0.136. The molecule has 25 heavy (non-hydrogen) atoms. The van der Waals surface area contributed by atoms with Crippen LogP contribution in [0.4, 0.5) is 0 Å². The van der Waals surface area contributed by atoms with Crippen LogP contribution in [0.25, 0.3) is 0 Å².